The fourth-order valence-corrected chi connectivity index (χ4v) is 4.29. The standard InChI is InChI=1S/C12H22N2O4S/c15-12(16)5-7-19(17,18)14(11-3-4-11)9-10-2-1-6-13-8-10/h10-11,13H,1-9H2,(H,15,16). The molecule has 1 aliphatic heterocycles. The second-order valence-corrected chi connectivity index (χ2v) is 7.51. The van der Waals surface area contributed by atoms with E-state index in [4.69, 9.17) is 5.11 Å². The molecule has 1 saturated carbocycles. The average molecular weight is 290 g/mol. The van der Waals surface area contributed by atoms with E-state index >= 15 is 0 Å². The lowest BCUT2D eigenvalue weighted by atomic mass is 10.00. The molecule has 0 spiro atoms. The van der Waals surface area contributed by atoms with Crippen molar-refractivity contribution in [2.45, 2.75) is 38.1 Å². The minimum Gasteiger partial charge on any atom is -0.481 e. The number of hydrogen-bond acceptors (Lipinski definition) is 4. The van der Waals surface area contributed by atoms with Crippen molar-refractivity contribution < 1.29 is 18.3 Å². The van der Waals surface area contributed by atoms with Crippen molar-refractivity contribution in [2.75, 3.05) is 25.4 Å². The van der Waals surface area contributed by atoms with E-state index in [9.17, 15) is 13.2 Å². The normalized spacial score (nSPS) is 24.6. The Hall–Kier alpha value is -0.660. The number of nitrogens with zero attached hydrogens (tertiary/aromatic N) is 1. The zero-order valence-electron chi connectivity index (χ0n) is 11.0. The molecule has 1 saturated heterocycles. The van der Waals surface area contributed by atoms with Crippen LogP contribution in [0.25, 0.3) is 0 Å². The van der Waals surface area contributed by atoms with E-state index < -0.39 is 16.0 Å². The molecule has 2 aliphatic rings. The van der Waals surface area contributed by atoms with Crippen LogP contribution in [-0.4, -0.2) is 55.2 Å². The molecular weight excluding hydrogens is 268 g/mol. The van der Waals surface area contributed by atoms with Gasteiger partial charge in [-0.15, -0.1) is 0 Å². The van der Waals surface area contributed by atoms with Crippen LogP contribution >= 0.6 is 0 Å². The highest BCUT2D eigenvalue weighted by atomic mass is 32.2. The maximum Gasteiger partial charge on any atom is 0.304 e. The summed E-state index contributed by atoms with van der Waals surface area (Å²) in [6.45, 7) is 2.41. The van der Waals surface area contributed by atoms with Gasteiger partial charge >= 0.3 is 5.97 Å². The molecule has 2 N–H and O–H groups in total. The van der Waals surface area contributed by atoms with Gasteiger partial charge in [0.05, 0.1) is 12.2 Å². The van der Waals surface area contributed by atoms with Crippen LogP contribution in [-0.2, 0) is 14.8 Å². The maximum atomic E-state index is 12.2. The number of hydrogen-bond donors (Lipinski definition) is 2. The van der Waals surface area contributed by atoms with E-state index in [2.05, 4.69) is 5.32 Å². The van der Waals surface area contributed by atoms with Crippen molar-refractivity contribution in [1.82, 2.24) is 9.62 Å². The molecule has 2 rings (SSSR count). The number of carbonyl (C=O) groups is 1. The van der Waals surface area contributed by atoms with Gasteiger partial charge in [-0.25, -0.2) is 8.42 Å². The Balaban J connectivity index is 1.96. The van der Waals surface area contributed by atoms with Crippen LogP contribution in [0, 0.1) is 5.92 Å². The third-order valence-electron chi connectivity index (χ3n) is 3.72. The molecule has 7 heteroatoms. The van der Waals surface area contributed by atoms with Crippen molar-refractivity contribution in [3.05, 3.63) is 0 Å². The fraction of sp³-hybridized carbons (Fsp3) is 0.917. The number of carboxylic acids is 1. The molecule has 0 aromatic rings. The fourth-order valence-electron chi connectivity index (χ4n) is 2.52. The minimum absolute atomic E-state index is 0.112. The number of aliphatic carboxylic acids is 1. The predicted molar refractivity (Wildman–Crippen MR) is 71.4 cm³/mol. The summed E-state index contributed by atoms with van der Waals surface area (Å²) in [6.07, 6.45) is 3.64. The maximum absolute atomic E-state index is 12.2. The Labute approximate surface area is 114 Å². The van der Waals surface area contributed by atoms with Crippen LogP contribution in [0.15, 0.2) is 0 Å². The van der Waals surface area contributed by atoms with Gasteiger partial charge in [0.25, 0.3) is 0 Å². The summed E-state index contributed by atoms with van der Waals surface area (Å²) >= 11 is 0. The summed E-state index contributed by atoms with van der Waals surface area (Å²) in [5, 5.41) is 11.9. The quantitative estimate of drug-likeness (QED) is 0.702. The van der Waals surface area contributed by atoms with Crippen LogP contribution in [0.2, 0.25) is 0 Å². The molecule has 1 unspecified atom stereocenters. The van der Waals surface area contributed by atoms with Crippen molar-refractivity contribution in [1.29, 1.82) is 0 Å². The lowest BCUT2D eigenvalue weighted by Gasteiger charge is -2.29. The third-order valence-corrected chi connectivity index (χ3v) is 5.60. The van der Waals surface area contributed by atoms with Gasteiger partial charge in [-0.3, -0.25) is 4.79 Å². The van der Waals surface area contributed by atoms with Crippen LogP contribution in [0.5, 0.6) is 0 Å². The van der Waals surface area contributed by atoms with Gasteiger partial charge in [-0.2, -0.15) is 4.31 Å². The molecule has 1 aliphatic carbocycles. The Morgan fingerprint density at radius 3 is 2.58 bits per heavy atom. The van der Waals surface area contributed by atoms with Gasteiger partial charge in [0, 0.05) is 12.6 Å². The van der Waals surface area contributed by atoms with Gasteiger partial charge in [-0.1, -0.05) is 0 Å². The third kappa shape index (κ3) is 4.43. The highest BCUT2D eigenvalue weighted by Gasteiger charge is 2.38. The summed E-state index contributed by atoms with van der Waals surface area (Å²) in [6, 6.07) is 0.112. The van der Waals surface area contributed by atoms with Gasteiger partial charge in [0.1, 0.15) is 0 Å². The minimum atomic E-state index is -3.43. The van der Waals surface area contributed by atoms with Gasteiger partial charge < -0.3 is 10.4 Å². The molecule has 0 radical (unpaired) electrons. The van der Waals surface area contributed by atoms with E-state index in [0.717, 1.165) is 38.8 Å². The van der Waals surface area contributed by atoms with Crippen LogP contribution in [0.1, 0.15) is 32.1 Å². The van der Waals surface area contributed by atoms with Gasteiger partial charge in [-0.05, 0) is 44.7 Å². The van der Waals surface area contributed by atoms with Crippen LogP contribution in [0.4, 0.5) is 0 Å². The van der Waals surface area contributed by atoms with E-state index in [0.29, 0.717) is 12.5 Å². The molecule has 1 atom stereocenters. The monoisotopic (exact) mass is 290 g/mol. The lowest BCUT2D eigenvalue weighted by molar-refractivity contribution is -0.136. The molecule has 0 amide bonds. The molecule has 2 fully saturated rings. The zero-order valence-corrected chi connectivity index (χ0v) is 11.9. The lowest BCUT2D eigenvalue weighted by Crippen LogP contribution is -2.43. The van der Waals surface area contributed by atoms with E-state index in [1.807, 2.05) is 0 Å². The highest BCUT2D eigenvalue weighted by Crippen LogP contribution is 2.31. The number of rotatable bonds is 7. The number of carboxylic acid groups (broad SMARTS) is 1. The van der Waals surface area contributed by atoms with E-state index in [1.165, 1.54) is 0 Å². The first-order valence-corrected chi connectivity index (χ1v) is 8.52. The molecule has 19 heavy (non-hydrogen) atoms. The average Bonchev–Trinajstić information content (AvgIpc) is 3.19. The molecular formula is C12H22N2O4S. The van der Waals surface area contributed by atoms with E-state index in [-0.39, 0.29) is 18.2 Å². The smallest absolute Gasteiger partial charge is 0.304 e. The van der Waals surface area contributed by atoms with Crippen molar-refractivity contribution in [2.24, 2.45) is 5.92 Å². The number of nitrogens with one attached hydrogen (secondary N) is 1. The summed E-state index contributed by atoms with van der Waals surface area (Å²) in [7, 11) is -3.43. The first kappa shape index (κ1) is 14.7. The Kier molecular flexibility index (Phi) is 4.81. The Morgan fingerprint density at radius 1 is 1.32 bits per heavy atom. The molecule has 0 bridgehead atoms. The second-order valence-electron chi connectivity index (χ2n) is 5.47. The predicted octanol–water partition coefficient (Wildman–Crippen LogP) is 0.255. The molecule has 6 nitrogen and oxygen atoms in total. The van der Waals surface area contributed by atoms with E-state index in [1.54, 1.807) is 4.31 Å². The van der Waals surface area contributed by atoms with Crippen molar-refractivity contribution >= 4 is 16.0 Å². The molecule has 1 heterocycles. The molecule has 0 aromatic heterocycles. The first-order valence-electron chi connectivity index (χ1n) is 6.91. The van der Waals surface area contributed by atoms with Crippen molar-refractivity contribution in [3.63, 3.8) is 0 Å². The SMILES string of the molecule is O=C(O)CCS(=O)(=O)N(CC1CCCNC1)C1CC1. The summed E-state index contributed by atoms with van der Waals surface area (Å²) in [5.41, 5.74) is 0. The highest BCUT2D eigenvalue weighted by molar-refractivity contribution is 7.89. The van der Waals surface area contributed by atoms with Gasteiger partial charge in [0.15, 0.2) is 0 Å². The van der Waals surface area contributed by atoms with Gasteiger partial charge in [0.2, 0.25) is 10.0 Å². The van der Waals surface area contributed by atoms with Crippen LogP contribution in [0.3, 0.4) is 0 Å². The second kappa shape index (κ2) is 6.19. The topological polar surface area (TPSA) is 86.7 Å². The largest absolute Gasteiger partial charge is 0.481 e. The number of piperidine rings is 1. The van der Waals surface area contributed by atoms with Crippen LogP contribution < -0.4 is 5.32 Å². The first-order chi connectivity index (χ1) is 8.99. The molecule has 0 aromatic carbocycles. The van der Waals surface area contributed by atoms with Crippen molar-refractivity contribution in [3.8, 4) is 0 Å². The Morgan fingerprint density at radius 2 is 2.05 bits per heavy atom. The summed E-state index contributed by atoms with van der Waals surface area (Å²) in [4.78, 5) is 10.6. The Bertz CT molecular complexity index is 413. The summed E-state index contributed by atoms with van der Waals surface area (Å²) < 4.78 is 26.0. The zero-order chi connectivity index (χ0) is 13.9. The molecule has 110 valence electrons. The summed E-state index contributed by atoms with van der Waals surface area (Å²) in [5.74, 6) is -0.980. The number of sulfonamides is 1.